The highest BCUT2D eigenvalue weighted by Gasteiger charge is 2.16. The van der Waals surface area contributed by atoms with E-state index >= 15 is 0 Å². The number of carbonyl (C=O) groups is 1. The molecule has 0 aliphatic heterocycles. The van der Waals surface area contributed by atoms with E-state index < -0.39 is 0 Å². The molecule has 1 unspecified atom stereocenters. The Bertz CT molecular complexity index is 805. The third-order valence-corrected chi connectivity index (χ3v) is 6.66. The lowest BCUT2D eigenvalue weighted by Crippen LogP contribution is -2.42. The summed E-state index contributed by atoms with van der Waals surface area (Å²) in [6, 6.07) is 1.84. The number of aromatic nitrogens is 4. The number of aryl methyl sites for hydroxylation is 1. The lowest BCUT2D eigenvalue weighted by Gasteiger charge is -2.26. The van der Waals surface area contributed by atoms with E-state index in [1.807, 2.05) is 24.7 Å². The fraction of sp³-hybridized carbons (Fsp3) is 0.696. The van der Waals surface area contributed by atoms with Gasteiger partial charge < -0.3 is 10.2 Å². The lowest BCUT2D eigenvalue weighted by molar-refractivity contribution is 0.0922. The lowest BCUT2D eigenvalue weighted by atomic mass is 10.2. The van der Waals surface area contributed by atoms with Gasteiger partial charge in [-0.05, 0) is 68.7 Å². The summed E-state index contributed by atoms with van der Waals surface area (Å²) in [6.07, 6.45) is 9.24. The molecule has 1 N–H and O–H groups in total. The minimum Gasteiger partial charge on any atom is -0.347 e. The van der Waals surface area contributed by atoms with E-state index in [1.54, 1.807) is 10.7 Å². The molecule has 0 aliphatic rings. The fourth-order valence-corrected chi connectivity index (χ4v) is 3.99. The number of hydrogen-bond donors (Lipinski definition) is 1. The molecule has 1 atom stereocenters. The predicted octanol–water partition coefficient (Wildman–Crippen LogP) is 4.77. The molecule has 1 amide bonds. The van der Waals surface area contributed by atoms with E-state index in [9.17, 15) is 4.79 Å². The minimum atomic E-state index is -0.122. The Hall–Kier alpha value is -1.67. The van der Waals surface area contributed by atoms with Crippen LogP contribution in [0.1, 0.15) is 81.2 Å². The maximum atomic E-state index is 12.7. The number of nitrogens with one attached hydrogen (secondary N) is 1. The largest absolute Gasteiger partial charge is 0.347 e. The summed E-state index contributed by atoms with van der Waals surface area (Å²) >= 11 is 3.55. The molecule has 2 aromatic heterocycles. The standard InChI is InChI=1S/C23H39BrN6O/c1-6-8-10-13-28(14-11-9-7-2)16-18(3)25-23(31)21-12-15-29(27-21)17-30-20(5)22(24)19(4)26-30/h12,15,18H,6-11,13-14,16-17H2,1-5H3,(H,25,31). The number of rotatable bonds is 14. The average Bonchev–Trinajstić information content (AvgIpc) is 3.29. The van der Waals surface area contributed by atoms with Crippen molar-refractivity contribution in [1.29, 1.82) is 0 Å². The molecule has 0 saturated carbocycles. The minimum absolute atomic E-state index is 0.0767. The van der Waals surface area contributed by atoms with Crippen LogP contribution in [0.4, 0.5) is 0 Å². The normalized spacial score (nSPS) is 12.5. The molecule has 2 aromatic rings. The van der Waals surface area contributed by atoms with Crippen LogP contribution in [0.2, 0.25) is 0 Å². The van der Waals surface area contributed by atoms with Gasteiger partial charge in [-0.25, -0.2) is 4.68 Å². The SMILES string of the molecule is CCCCCN(CCCCC)CC(C)NC(=O)c1ccn(Cn2nc(C)c(Br)c2C)n1. The zero-order valence-electron chi connectivity index (χ0n) is 19.8. The van der Waals surface area contributed by atoms with Crippen LogP contribution in [0, 0.1) is 13.8 Å². The third-order valence-electron chi connectivity index (χ3n) is 5.51. The quantitative estimate of drug-likeness (QED) is 0.384. The summed E-state index contributed by atoms with van der Waals surface area (Å²) in [4.78, 5) is 15.2. The van der Waals surface area contributed by atoms with Crippen molar-refractivity contribution >= 4 is 21.8 Å². The Kier molecular flexibility index (Phi) is 10.7. The van der Waals surface area contributed by atoms with Crippen molar-refractivity contribution in [2.45, 2.75) is 85.9 Å². The number of unbranched alkanes of at least 4 members (excludes halogenated alkanes) is 4. The first-order valence-electron chi connectivity index (χ1n) is 11.6. The van der Waals surface area contributed by atoms with Gasteiger partial charge in [0.05, 0.1) is 15.9 Å². The number of halogens is 1. The molecule has 0 aromatic carbocycles. The van der Waals surface area contributed by atoms with Crippen LogP contribution >= 0.6 is 15.9 Å². The maximum Gasteiger partial charge on any atom is 0.272 e. The third kappa shape index (κ3) is 8.07. The van der Waals surface area contributed by atoms with Crippen molar-refractivity contribution in [2.24, 2.45) is 0 Å². The van der Waals surface area contributed by atoms with Crippen molar-refractivity contribution < 1.29 is 4.79 Å². The van der Waals surface area contributed by atoms with Gasteiger partial charge in [0.1, 0.15) is 12.4 Å². The predicted molar refractivity (Wildman–Crippen MR) is 129 cm³/mol. The van der Waals surface area contributed by atoms with Crippen molar-refractivity contribution in [3.8, 4) is 0 Å². The molecule has 0 saturated heterocycles. The van der Waals surface area contributed by atoms with Gasteiger partial charge in [-0.2, -0.15) is 10.2 Å². The first kappa shape index (κ1) is 25.6. The number of nitrogens with zero attached hydrogens (tertiary/aromatic N) is 5. The van der Waals surface area contributed by atoms with Crippen LogP contribution in [0.25, 0.3) is 0 Å². The molecule has 8 heteroatoms. The van der Waals surface area contributed by atoms with Crippen LogP contribution in [-0.4, -0.2) is 56.0 Å². The summed E-state index contributed by atoms with van der Waals surface area (Å²) < 4.78 is 4.63. The molecule has 0 bridgehead atoms. The topological polar surface area (TPSA) is 68.0 Å². The molecule has 7 nitrogen and oxygen atoms in total. The Morgan fingerprint density at radius 2 is 1.77 bits per heavy atom. The second kappa shape index (κ2) is 13.0. The van der Waals surface area contributed by atoms with Crippen molar-refractivity contribution in [1.82, 2.24) is 29.8 Å². The maximum absolute atomic E-state index is 12.7. The molecule has 0 radical (unpaired) electrons. The second-order valence-corrected chi connectivity index (χ2v) is 9.25. The van der Waals surface area contributed by atoms with E-state index in [4.69, 9.17) is 0 Å². The summed E-state index contributed by atoms with van der Waals surface area (Å²) in [5.41, 5.74) is 2.42. The molecule has 2 heterocycles. The molecule has 2 rings (SSSR count). The molecule has 174 valence electrons. The summed E-state index contributed by atoms with van der Waals surface area (Å²) in [7, 11) is 0. The van der Waals surface area contributed by atoms with Gasteiger partial charge in [-0.15, -0.1) is 0 Å². The summed E-state index contributed by atoms with van der Waals surface area (Å²) in [5.74, 6) is -0.122. The average molecular weight is 496 g/mol. The van der Waals surface area contributed by atoms with Crippen LogP contribution in [-0.2, 0) is 6.67 Å². The van der Waals surface area contributed by atoms with E-state index in [-0.39, 0.29) is 11.9 Å². The van der Waals surface area contributed by atoms with Gasteiger partial charge in [0.2, 0.25) is 0 Å². The van der Waals surface area contributed by atoms with Crippen LogP contribution in [0.5, 0.6) is 0 Å². The van der Waals surface area contributed by atoms with Crippen molar-refractivity contribution in [2.75, 3.05) is 19.6 Å². The number of hydrogen-bond acceptors (Lipinski definition) is 4. The van der Waals surface area contributed by atoms with Gasteiger partial charge in [-0.1, -0.05) is 39.5 Å². The van der Waals surface area contributed by atoms with E-state index in [0.717, 1.165) is 35.5 Å². The van der Waals surface area contributed by atoms with Gasteiger partial charge in [0.15, 0.2) is 0 Å². The number of carbonyl (C=O) groups excluding carboxylic acids is 1. The Morgan fingerprint density at radius 3 is 2.32 bits per heavy atom. The first-order valence-corrected chi connectivity index (χ1v) is 12.4. The van der Waals surface area contributed by atoms with Crippen LogP contribution < -0.4 is 5.32 Å². The molecular weight excluding hydrogens is 456 g/mol. The highest BCUT2D eigenvalue weighted by Crippen LogP contribution is 2.19. The van der Waals surface area contributed by atoms with Crippen LogP contribution in [0.15, 0.2) is 16.7 Å². The molecule has 0 aliphatic carbocycles. The van der Waals surface area contributed by atoms with E-state index in [2.05, 4.69) is 57.1 Å². The summed E-state index contributed by atoms with van der Waals surface area (Å²) in [6.45, 7) is 14.1. The smallest absolute Gasteiger partial charge is 0.272 e. The monoisotopic (exact) mass is 494 g/mol. The molecule has 31 heavy (non-hydrogen) atoms. The first-order chi connectivity index (χ1) is 14.8. The van der Waals surface area contributed by atoms with Crippen LogP contribution in [0.3, 0.4) is 0 Å². The van der Waals surface area contributed by atoms with Crippen molar-refractivity contribution in [3.63, 3.8) is 0 Å². The Balaban J connectivity index is 1.89. The fourth-order valence-electron chi connectivity index (χ4n) is 3.71. The van der Waals surface area contributed by atoms with E-state index in [1.165, 1.54) is 38.5 Å². The van der Waals surface area contributed by atoms with Gasteiger partial charge in [0.25, 0.3) is 5.91 Å². The Morgan fingerprint density at radius 1 is 1.13 bits per heavy atom. The molecular formula is C23H39BrN6O. The van der Waals surface area contributed by atoms with Gasteiger partial charge in [0, 0.05) is 18.8 Å². The molecule has 0 fully saturated rings. The molecule has 0 spiro atoms. The van der Waals surface area contributed by atoms with Crippen molar-refractivity contribution in [3.05, 3.63) is 33.8 Å². The van der Waals surface area contributed by atoms with Gasteiger partial charge >= 0.3 is 0 Å². The summed E-state index contributed by atoms with van der Waals surface area (Å²) in [5, 5.41) is 12.1. The second-order valence-electron chi connectivity index (χ2n) is 8.46. The zero-order valence-corrected chi connectivity index (χ0v) is 21.4. The highest BCUT2D eigenvalue weighted by molar-refractivity contribution is 9.10. The number of amides is 1. The zero-order chi connectivity index (χ0) is 22.8. The Labute approximate surface area is 195 Å². The van der Waals surface area contributed by atoms with E-state index in [0.29, 0.717) is 12.4 Å². The van der Waals surface area contributed by atoms with Gasteiger partial charge in [-0.3, -0.25) is 9.48 Å². The highest BCUT2D eigenvalue weighted by atomic mass is 79.9.